The minimum atomic E-state index is -0.537. The number of aliphatic hydroxyl groups excluding tert-OH is 1. The summed E-state index contributed by atoms with van der Waals surface area (Å²) < 4.78 is 5.43. The number of esters is 1. The second-order valence-corrected chi connectivity index (χ2v) is 15.0. The number of ketones is 1. The molecule has 4 heteroatoms. The third-order valence-corrected chi connectivity index (χ3v) is 13.1. The molecule has 5 aliphatic carbocycles. The fourth-order valence-electron chi connectivity index (χ4n) is 10.5. The average Bonchev–Trinajstić information content (AvgIpc) is 2.82. The molecular formula is C32H48O4. The van der Waals surface area contributed by atoms with Crippen LogP contribution < -0.4 is 0 Å². The first kappa shape index (κ1) is 26.2. The summed E-state index contributed by atoms with van der Waals surface area (Å²) in [6.45, 7) is 18.4. The Morgan fingerprint density at radius 3 is 2.36 bits per heavy atom. The Hall–Kier alpha value is -1.42. The van der Waals surface area contributed by atoms with E-state index in [1.54, 1.807) is 0 Å². The average molecular weight is 497 g/mol. The summed E-state index contributed by atoms with van der Waals surface area (Å²) in [5.41, 5.74) is 1.33. The SMILES string of the molecule is C=C1CC[C@]2(C)C3=CC(=O)[C@@H]4[C@@H]5CC(C)(C)CC[C@]5(C(=O)OC)CC[C@@]4(C)[C@]3(C)CC[C@H]2[C@]1(C)CO. The standard InChI is InChI=1S/C32H48O4/c1-20-9-11-28(4)23(29(20,5)19-33)10-12-30(6)24(28)17-22(34)25-21-18-27(2,3)13-15-32(21,26(35)36-8)16-14-31(25,30)7/h17,21,23,25,33H,1,9-16,18-19H2,2-8H3/t21-,23+,25-,28-,29+,30+,31+,32-/m0/s1. The molecule has 0 bridgehead atoms. The molecule has 4 nitrogen and oxygen atoms in total. The Morgan fingerprint density at radius 1 is 1.06 bits per heavy atom. The van der Waals surface area contributed by atoms with Crippen LogP contribution in [-0.4, -0.2) is 30.6 Å². The number of hydrogen-bond donors (Lipinski definition) is 1. The largest absolute Gasteiger partial charge is 0.469 e. The summed E-state index contributed by atoms with van der Waals surface area (Å²) >= 11 is 0. The molecule has 0 spiro atoms. The summed E-state index contributed by atoms with van der Waals surface area (Å²) in [6, 6.07) is 0. The summed E-state index contributed by atoms with van der Waals surface area (Å²) in [6.07, 6.45) is 10.4. The van der Waals surface area contributed by atoms with Crippen LogP contribution in [0.3, 0.4) is 0 Å². The van der Waals surface area contributed by atoms with Crippen molar-refractivity contribution in [3.05, 3.63) is 23.8 Å². The first-order valence-electron chi connectivity index (χ1n) is 14.3. The summed E-state index contributed by atoms with van der Waals surface area (Å²) in [7, 11) is 1.51. The monoisotopic (exact) mass is 496 g/mol. The van der Waals surface area contributed by atoms with Crippen LogP contribution in [0, 0.1) is 50.2 Å². The second kappa shape index (κ2) is 7.80. The summed E-state index contributed by atoms with van der Waals surface area (Å²) in [4.78, 5) is 27.7. The number of rotatable bonds is 2. The van der Waals surface area contributed by atoms with Gasteiger partial charge < -0.3 is 9.84 Å². The maximum Gasteiger partial charge on any atom is 0.312 e. The van der Waals surface area contributed by atoms with Crippen LogP contribution in [0.25, 0.3) is 0 Å². The van der Waals surface area contributed by atoms with Gasteiger partial charge in [0.05, 0.1) is 19.1 Å². The van der Waals surface area contributed by atoms with Crippen LogP contribution >= 0.6 is 0 Å². The minimum absolute atomic E-state index is 0.0222. The lowest BCUT2D eigenvalue weighted by molar-refractivity contribution is -0.192. The number of methoxy groups -OCH3 is 1. The van der Waals surface area contributed by atoms with Gasteiger partial charge in [0.15, 0.2) is 5.78 Å². The number of ether oxygens (including phenoxy) is 1. The third-order valence-electron chi connectivity index (χ3n) is 13.1. The second-order valence-electron chi connectivity index (χ2n) is 15.0. The smallest absolute Gasteiger partial charge is 0.312 e. The molecule has 5 aliphatic rings. The van der Waals surface area contributed by atoms with Gasteiger partial charge in [0.2, 0.25) is 0 Å². The highest BCUT2D eigenvalue weighted by Gasteiger charge is 2.71. The maximum absolute atomic E-state index is 14.4. The van der Waals surface area contributed by atoms with E-state index in [4.69, 9.17) is 4.74 Å². The van der Waals surface area contributed by atoms with E-state index in [-0.39, 0.29) is 63.2 Å². The Balaban J connectivity index is 1.65. The first-order chi connectivity index (χ1) is 16.7. The molecule has 0 heterocycles. The van der Waals surface area contributed by atoms with E-state index in [9.17, 15) is 14.7 Å². The topological polar surface area (TPSA) is 63.6 Å². The molecule has 0 aromatic rings. The van der Waals surface area contributed by atoms with E-state index < -0.39 is 5.41 Å². The van der Waals surface area contributed by atoms with Gasteiger partial charge in [0.1, 0.15) is 0 Å². The van der Waals surface area contributed by atoms with Gasteiger partial charge in [-0.3, -0.25) is 9.59 Å². The molecule has 0 aromatic heterocycles. The van der Waals surface area contributed by atoms with E-state index >= 15 is 0 Å². The van der Waals surface area contributed by atoms with Crippen molar-refractivity contribution in [1.29, 1.82) is 0 Å². The summed E-state index contributed by atoms with van der Waals surface area (Å²) in [5, 5.41) is 10.5. The molecular weight excluding hydrogens is 448 g/mol. The highest BCUT2D eigenvalue weighted by atomic mass is 16.5. The van der Waals surface area contributed by atoms with Crippen LogP contribution in [0.1, 0.15) is 99.3 Å². The van der Waals surface area contributed by atoms with Gasteiger partial charge in [-0.05, 0) is 97.4 Å². The van der Waals surface area contributed by atoms with Crippen molar-refractivity contribution in [2.45, 2.75) is 99.3 Å². The molecule has 0 aliphatic heterocycles. The highest BCUT2D eigenvalue weighted by Crippen LogP contribution is 2.75. The Kier molecular flexibility index (Phi) is 5.68. The normalized spacial score (nSPS) is 49.7. The number of carbonyl (C=O) groups excluding carboxylic acids is 2. The highest BCUT2D eigenvalue weighted by molar-refractivity contribution is 5.96. The van der Waals surface area contributed by atoms with Gasteiger partial charge in [0, 0.05) is 11.3 Å². The number of aliphatic hydroxyl groups is 1. The van der Waals surface area contributed by atoms with E-state index in [0.29, 0.717) is 0 Å². The lowest BCUT2D eigenvalue weighted by atomic mass is 9.33. The maximum atomic E-state index is 14.4. The predicted molar refractivity (Wildman–Crippen MR) is 142 cm³/mol. The quantitative estimate of drug-likeness (QED) is 0.343. The van der Waals surface area contributed by atoms with E-state index in [0.717, 1.165) is 63.4 Å². The number of fused-ring (bicyclic) bond motifs is 7. The van der Waals surface area contributed by atoms with Crippen molar-refractivity contribution in [2.75, 3.05) is 13.7 Å². The van der Waals surface area contributed by atoms with Gasteiger partial charge in [0.25, 0.3) is 0 Å². The van der Waals surface area contributed by atoms with Crippen LogP contribution in [-0.2, 0) is 14.3 Å². The molecule has 8 atom stereocenters. The van der Waals surface area contributed by atoms with Crippen molar-refractivity contribution in [2.24, 2.45) is 50.2 Å². The molecule has 0 radical (unpaired) electrons. The van der Waals surface area contributed by atoms with Crippen molar-refractivity contribution < 1.29 is 19.4 Å². The molecule has 36 heavy (non-hydrogen) atoms. The fourth-order valence-corrected chi connectivity index (χ4v) is 10.5. The first-order valence-corrected chi connectivity index (χ1v) is 14.3. The van der Waals surface area contributed by atoms with E-state index in [1.807, 2.05) is 6.08 Å². The van der Waals surface area contributed by atoms with Crippen LogP contribution in [0.2, 0.25) is 0 Å². The third kappa shape index (κ3) is 3.03. The lowest BCUT2D eigenvalue weighted by Crippen LogP contribution is -2.66. The molecule has 4 fully saturated rings. The number of allylic oxidation sites excluding steroid dienone is 2. The molecule has 5 rings (SSSR count). The minimum Gasteiger partial charge on any atom is -0.469 e. The number of hydrogen-bond acceptors (Lipinski definition) is 4. The van der Waals surface area contributed by atoms with E-state index in [1.165, 1.54) is 12.7 Å². The fraction of sp³-hybridized carbons (Fsp3) is 0.812. The van der Waals surface area contributed by atoms with Crippen LogP contribution in [0.5, 0.6) is 0 Å². The number of carbonyl (C=O) groups is 2. The Labute approximate surface area is 218 Å². The zero-order chi connectivity index (χ0) is 26.5. The van der Waals surface area contributed by atoms with Crippen LogP contribution in [0.15, 0.2) is 23.8 Å². The van der Waals surface area contributed by atoms with Gasteiger partial charge in [-0.15, -0.1) is 0 Å². The van der Waals surface area contributed by atoms with Gasteiger partial charge in [-0.1, -0.05) is 59.3 Å². The van der Waals surface area contributed by atoms with Gasteiger partial charge >= 0.3 is 5.97 Å². The molecule has 0 unspecified atom stereocenters. The zero-order valence-electron chi connectivity index (χ0n) is 23.8. The van der Waals surface area contributed by atoms with Crippen molar-refractivity contribution >= 4 is 11.8 Å². The molecule has 0 aromatic carbocycles. The van der Waals surface area contributed by atoms with Crippen molar-refractivity contribution in [3.63, 3.8) is 0 Å². The zero-order valence-corrected chi connectivity index (χ0v) is 23.8. The van der Waals surface area contributed by atoms with Gasteiger partial charge in [-0.2, -0.15) is 0 Å². The van der Waals surface area contributed by atoms with Crippen LogP contribution in [0.4, 0.5) is 0 Å². The van der Waals surface area contributed by atoms with E-state index in [2.05, 4.69) is 48.1 Å². The molecule has 4 saturated carbocycles. The predicted octanol–water partition coefficient (Wildman–Crippen LogP) is 6.67. The molecule has 0 amide bonds. The lowest BCUT2D eigenvalue weighted by Gasteiger charge is -2.69. The molecule has 0 saturated heterocycles. The molecule has 200 valence electrons. The molecule has 1 N–H and O–H groups in total. The van der Waals surface area contributed by atoms with Crippen molar-refractivity contribution in [3.8, 4) is 0 Å². The Morgan fingerprint density at radius 2 is 1.72 bits per heavy atom. The summed E-state index contributed by atoms with van der Waals surface area (Å²) in [5.74, 6) is 0.293. The van der Waals surface area contributed by atoms with Crippen molar-refractivity contribution in [1.82, 2.24) is 0 Å². The van der Waals surface area contributed by atoms with Gasteiger partial charge in [-0.25, -0.2) is 0 Å². The Bertz CT molecular complexity index is 1040.